The standard InChI is InChI=1S/C21H31FN6S.HI/c1-3-23-20(25-15-16-8-6-9-17(22)14-16)24-13-7-12-19-26-27-21(29-2)28(19)18-10-4-5-11-18;/h6,8-9,14,18H,3-5,7,10-13,15H2,1-2H3,(H2,23,24,25);1H. The Balaban J connectivity index is 0.00000320. The smallest absolute Gasteiger partial charge is 0.191 e. The Morgan fingerprint density at radius 3 is 2.77 bits per heavy atom. The fourth-order valence-corrected chi connectivity index (χ4v) is 4.32. The molecule has 1 aromatic heterocycles. The summed E-state index contributed by atoms with van der Waals surface area (Å²) in [6, 6.07) is 7.12. The monoisotopic (exact) mass is 546 g/mol. The first kappa shape index (κ1) is 24.9. The van der Waals surface area contributed by atoms with Gasteiger partial charge >= 0.3 is 0 Å². The molecule has 1 fully saturated rings. The minimum atomic E-state index is -0.230. The van der Waals surface area contributed by atoms with Crippen molar-refractivity contribution in [3.8, 4) is 0 Å². The summed E-state index contributed by atoms with van der Waals surface area (Å²) in [6.45, 7) is 4.05. The molecule has 0 spiro atoms. The fraction of sp³-hybridized carbons (Fsp3) is 0.571. The Hall–Kier alpha value is -1.36. The molecule has 0 unspecified atom stereocenters. The molecule has 9 heteroatoms. The second kappa shape index (κ2) is 13.1. The molecule has 1 aliphatic carbocycles. The molecule has 3 rings (SSSR count). The van der Waals surface area contributed by atoms with Crippen LogP contribution in [0.25, 0.3) is 0 Å². The predicted octanol–water partition coefficient (Wildman–Crippen LogP) is 4.56. The van der Waals surface area contributed by atoms with Crippen molar-refractivity contribution < 1.29 is 4.39 Å². The van der Waals surface area contributed by atoms with Crippen LogP contribution in [-0.4, -0.2) is 40.1 Å². The average molecular weight is 546 g/mol. The minimum Gasteiger partial charge on any atom is -0.357 e. The van der Waals surface area contributed by atoms with Gasteiger partial charge in [0.2, 0.25) is 0 Å². The molecule has 0 atom stereocenters. The lowest BCUT2D eigenvalue weighted by Gasteiger charge is -2.16. The van der Waals surface area contributed by atoms with Crippen molar-refractivity contribution in [3.05, 3.63) is 41.5 Å². The number of thioether (sulfide) groups is 1. The van der Waals surface area contributed by atoms with Crippen molar-refractivity contribution in [3.63, 3.8) is 0 Å². The molecular formula is C21H32FIN6S. The van der Waals surface area contributed by atoms with Gasteiger partial charge in [0.25, 0.3) is 0 Å². The number of rotatable bonds is 9. The van der Waals surface area contributed by atoms with Crippen molar-refractivity contribution in [2.24, 2.45) is 4.99 Å². The lowest BCUT2D eigenvalue weighted by atomic mass is 10.2. The number of aromatic nitrogens is 3. The maximum Gasteiger partial charge on any atom is 0.191 e. The number of halogens is 2. The maximum absolute atomic E-state index is 13.3. The Morgan fingerprint density at radius 2 is 2.07 bits per heavy atom. The summed E-state index contributed by atoms with van der Waals surface area (Å²) >= 11 is 1.68. The first-order valence-corrected chi connectivity index (χ1v) is 11.7. The van der Waals surface area contributed by atoms with E-state index < -0.39 is 0 Å². The van der Waals surface area contributed by atoms with Crippen molar-refractivity contribution in [2.75, 3.05) is 19.3 Å². The van der Waals surface area contributed by atoms with E-state index in [-0.39, 0.29) is 29.8 Å². The molecule has 2 N–H and O–H groups in total. The largest absolute Gasteiger partial charge is 0.357 e. The van der Waals surface area contributed by atoms with Crippen LogP contribution in [-0.2, 0) is 13.0 Å². The van der Waals surface area contributed by atoms with Crippen LogP contribution in [0.5, 0.6) is 0 Å². The summed E-state index contributed by atoms with van der Waals surface area (Å²) in [5.74, 6) is 1.61. The maximum atomic E-state index is 13.3. The number of aliphatic imine (C=N–C) groups is 1. The average Bonchev–Trinajstić information content (AvgIpc) is 3.38. The molecule has 1 aromatic carbocycles. The van der Waals surface area contributed by atoms with E-state index in [0.717, 1.165) is 48.4 Å². The third-order valence-electron chi connectivity index (χ3n) is 5.13. The molecule has 1 saturated carbocycles. The molecule has 166 valence electrons. The Bertz CT molecular complexity index is 807. The number of nitrogens with one attached hydrogen (secondary N) is 2. The molecule has 2 aromatic rings. The highest BCUT2D eigenvalue weighted by molar-refractivity contribution is 14.0. The SMILES string of the molecule is CCNC(=NCc1cccc(F)c1)NCCCc1nnc(SC)n1C1CCCC1.I. The van der Waals surface area contributed by atoms with Gasteiger partial charge in [-0.05, 0) is 50.1 Å². The quantitative estimate of drug-likeness (QED) is 0.159. The molecule has 0 radical (unpaired) electrons. The summed E-state index contributed by atoms with van der Waals surface area (Å²) in [6.07, 6.45) is 8.96. The van der Waals surface area contributed by atoms with Crippen LogP contribution in [0.4, 0.5) is 4.39 Å². The Morgan fingerprint density at radius 1 is 1.27 bits per heavy atom. The third-order valence-corrected chi connectivity index (χ3v) is 5.77. The van der Waals surface area contributed by atoms with Gasteiger partial charge in [-0.3, -0.25) is 0 Å². The lowest BCUT2D eigenvalue weighted by Crippen LogP contribution is -2.37. The predicted molar refractivity (Wildman–Crippen MR) is 132 cm³/mol. The third kappa shape index (κ3) is 7.11. The highest BCUT2D eigenvalue weighted by Crippen LogP contribution is 2.33. The van der Waals surface area contributed by atoms with E-state index in [0.29, 0.717) is 12.6 Å². The second-order valence-corrected chi connectivity index (χ2v) is 8.04. The van der Waals surface area contributed by atoms with Crippen molar-refractivity contribution in [2.45, 2.75) is 63.2 Å². The van der Waals surface area contributed by atoms with Gasteiger partial charge in [0.1, 0.15) is 11.6 Å². The van der Waals surface area contributed by atoms with Gasteiger partial charge in [0.15, 0.2) is 11.1 Å². The van der Waals surface area contributed by atoms with E-state index in [9.17, 15) is 4.39 Å². The van der Waals surface area contributed by atoms with E-state index >= 15 is 0 Å². The first-order valence-electron chi connectivity index (χ1n) is 10.5. The molecule has 30 heavy (non-hydrogen) atoms. The molecule has 0 saturated heterocycles. The highest BCUT2D eigenvalue weighted by atomic mass is 127. The topological polar surface area (TPSA) is 67.1 Å². The van der Waals surface area contributed by atoms with Gasteiger partial charge in [0.05, 0.1) is 6.54 Å². The molecule has 1 heterocycles. The van der Waals surface area contributed by atoms with Gasteiger partial charge in [-0.25, -0.2) is 9.38 Å². The number of hydrogen-bond acceptors (Lipinski definition) is 4. The van der Waals surface area contributed by atoms with Crippen molar-refractivity contribution in [1.82, 2.24) is 25.4 Å². The van der Waals surface area contributed by atoms with Crippen LogP contribution in [0.2, 0.25) is 0 Å². The zero-order valence-electron chi connectivity index (χ0n) is 17.7. The number of nitrogens with zero attached hydrogens (tertiary/aromatic N) is 4. The molecule has 0 bridgehead atoms. The van der Waals surface area contributed by atoms with Gasteiger partial charge in [-0.1, -0.05) is 36.7 Å². The van der Waals surface area contributed by atoms with Crippen molar-refractivity contribution >= 4 is 41.7 Å². The van der Waals surface area contributed by atoms with Gasteiger partial charge in [-0.2, -0.15) is 0 Å². The van der Waals surface area contributed by atoms with Crippen LogP contribution in [0.15, 0.2) is 34.4 Å². The summed E-state index contributed by atoms with van der Waals surface area (Å²) < 4.78 is 15.7. The zero-order valence-corrected chi connectivity index (χ0v) is 20.9. The van der Waals surface area contributed by atoms with E-state index in [1.54, 1.807) is 17.8 Å². The number of hydrogen-bond donors (Lipinski definition) is 2. The van der Waals surface area contributed by atoms with Crippen LogP contribution >= 0.6 is 35.7 Å². The lowest BCUT2D eigenvalue weighted by molar-refractivity contribution is 0.460. The first-order chi connectivity index (χ1) is 14.2. The molecular weight excluding hydrogens is 514 g/mol. The molecule has 0 amide bonds. The van der Waals surface area contributed by atoms with E-state index in [1.807, 2.05) is 13.0 Å². The minimum absolute atomic E-state index is 0. The van der Waals surface area contributed by atoms with Crippen LogP contribution < -0.4 is 10.6 Å². The summed E-state index contributed by atoms with van der Waals surface area (Å²) in [7, 11) is 0. The van der Waals surface area contributed by atoms with Gasteiger partial charge in [0, 0.05) is 25.6 Å². The Kier molecular flexibility index (Phi) is 10.9. The summed E-state index contributed by atoms with van der Waals surface area (Å²) in [5, 5.41) is 16.5. The van der Waals surface area contributed by atoms with E-state index in [2.05, 4.69) is 36.6 Å². The molecule has 0 aliphatic heterocycles. The number of guanidine groups is 1. The van der Waals surface area contributed by atoms with Crippen LogP contribution in [0.3, 0.4) is 0 Å². The molecule has 1 aliphatic rings. The summed E-state index contributed by atoms with van der Waals surface area (Å²) in [5.41, 5.74) is 0.858. The zero-order chi connectivity index (χ0) is 20.5. The second-order valence-electron chi connectivity index (χ2n) is 7.27. The van der Waals surface area contributed by atoms with Crippen molar-refractivity contribution in [1.29, 1.82) is 0 Å². The van der Waals surface area contributed by atoms with Crippen LogP contribution in [0, 0.1) is 5.82 Å². The normalized spacial score (nSPS) is 14.6. The molecule has 6 nitrogen and oxygen atoms in total. The number of aryl methyl sites for hydroxylation is 1. The number of benzene rings is 1. The Labute approximate surface area is 199 Å². The fourth-order valence-electron chi connectivity index (χ4n) is 3.75. The highest BCUT2D eigenvalue weighted by Gasteiger charge is 2.23. The van der Waals surface area contributed by atoms with E-state index in [4.69, 9.17) is 0 Å². The van der Waals surface area contributed by atoms with E-state index in [1.165, 1.54) is 37.8 Å². The van der Waals surface area contributed by atoms with Crippen LogP contribution in [0.1, 0.15) is 56.5 Å². The summed E-state index contributed by atoms with van der Waals surface area (Å²) in [4.78, 5) is 4.56. The van der Waals surface area contributed by atoms with Gasteiger partial charge in [-0.15, -0.1) is 34.2 Å². The van der Waals surface area contributed by atoms with Gasteiger partial charge < -0.3 is 15.2 Å².